The largest absolute Gasteiger partial charge is 0.464 e. The van der Waals surface area contributed by atoms with E-state index in [0.717, 1.165) is 12.3 Å². The van der Waals surface area contributed by atoms with Gasteiger partial charge in [0.05, 0.1) is 5.88 Å². The third kappa shape index (κ3) is 4.85. The van der Waals surface area contributed by atoms with E-state index < -0.39 is 0 Å². The van der Waals surface area contributed by atoms with E-state index >= 15 is 0 Å². The molecule has 1 saturated carbocycles. The Hall–Kier alpha value is -0.240. The van der Waals surface area contributed by atoms with Crippen LogP contribution >= 0.6 is 11.6 Å². The lowest BCUT2D eigenvalue weighted by molar-refractivity contribution is -0.143. The van der Waals surface area contributed by atoms with Crippen LogP contribution in [0.4, 0.5) is 0 Å². The fraction of sp³-hybridized carbons (Fsp3) is 0.909. The Morgan fingerprint density at radius 2 is 2.00 bits per heavy atom. The van der Waals surface area contributed by atoms with Crippen LogP contribution in [0.1, 0.15) is 44.9 Å². The molecule has 0 spiro atoms. The Labute approximate surface area is 91.0 Å². The summed E-state index contributed by atoms with van der Waals surface area (Å²) in [6, 6.07) is 0. The summed E-state index contributed by atoms with van der Waals surface area (Å²) in [6.45, 7) is 0.352. The van der Waals surface area contributed by atoms with Crippen LogP contribution in [0.2, 0.25) is 0 Å². The Kier molecular flexibility index (Phi) is 6.00. The standard InChI is InChI=1S/C11H19ClO2/c12-8-9-14-11(13)7-6-10-4-2-1-3-5-10/h10H,1-9H2. The molecule has 0 atom stereocenters. The van der Waals surface area contributed by atoms with E-state index in [1.807, 2.05) is 0 Å². The molecule has 1 aliphatic carbocycles. The highest BCUT2D eigenvalue weighted by molar-refractivity contribution is 6.18. The lowest BCUT2D eigenvalue weighted by Crippen LogP contribution is -2.11. The third-order valence-corrected chi connectivity index (χ3v) is 2.98. The van der Waals surface area contributed by atoms with Crippen molar-refractivity contribution < 1.29 is 9.53 Å². The van der Waals surface area contributed by atoms with Gasteiger partial charge in [-0.05, 0) is 12.3 Å². The summed E-state index contributed by atoms with van der Waals surface area (Å²) in [5.41, 5.74) is 0. The summed E-state index contributed by atoms with van der Waals surface area (Å²) >= 11 is 5.42. The third-order valence-electron chi connectivity index (χ3n) is 2.82. The van der Waals surface area contributed by atoms with Crippen LogP contribution < -0.4 is 0 Å². The molecule has 0 N–H and O–H groups in total. The number of rotatable bonds is 5. The molecule has 1 aliphatic rings. The first-order valence-corrected chi connectivity index (χ1v) is 6.08. The second kappa shape index (κ2) is 7.10. The van der Waals surface area contributed by atoms with E-state index in [1.54, 1.807) is 0 Å². The maximum absolute atomic E-state index is 11.2. The van der Waals surface area contributed by atoms with Crippen molar-refractivity contribution in [1.29, 1.82) is 0 Å². The van der Waals surface area contributed by atoms with E-state index in [2.05, 4.69) is 0 Å². The normalized spacial score (nSPS) is 18.1. The van der Waals surface area contributed by atoms with Gasteiger partial charge in [0.2, 0.25) is 0 Å². The second-order valence-corrected chi connectivity index (χ2v) is 4.33. The number of carbonyl (C=O) groups excluding carboxylic acids is 1. The minimum atomic E-state index is -0.0868. The molecule has 0 bridgehead atoms. The van der Waals surface area contributed by atoms with Gasteiger partial charge in [-0.3, -0.25) is 4.79 Å². The molecule has 2 nitrogen and oxygen atoms in total. The van der Waals surface area contributed by atoms with Crippen molar-refractivity contribution in [2.24, 2.45) is 5.92 Å². The number of carbonyl (C=O) groups is 1. The van der Waals surface area contributed by atoms with E-state index in [1.165, 1.54) is 32.1 Å². The molecule has 14 heavy (non-hydrogen) atoms. The van der Waals surface area contributed by atoms with Gasteiger partial charge in [0.15, 0.2) is 0 Å². The van der Waals surface area contributed by atoms with E-state index in [4.69, 9.17) is 16.3 Å². The zero-order valence-corrected chi connectivity index (χ0v) is 9.39. The Balaban J connectivity index is 2.03. The summed E-state index contributed by atoms with van der Waals surface area (Å²) < 4.78 is 4.91. The Bertz CT molecular complexity index is 165. The molecule has 0 aliphatic heterocycles. The van der Waals surface area contributed by atoms with E-state index in [9.17, 15) is 4.79 Å². The maximum atomic E-state index is 11.2. The SMILES string of the molecule is O=C(CCC1CCCCC1)OCCCl. The van der Waals surface area contributed by atoms with Gasteiger partial charge in [-0.1, -0.05) is 32.1 Å². The molecular weight excluding hydrogens is 200 g/mol. The highest BCUT2D eigenvalue weighted by Gasteiger charge is 2.14. The predicted octanol–water partition coefficient (Wildman–Crippen LogP) is 3.13. The van der Waals surface area contributed by atoms with Gasteiger partial charge in [0.25, 0.3) is 0 Å². The minimum absolute atomic E-state index is 0.0868. The number of esters is 1. The van der Waals surface area contributed by atoms with Crippen LogP contribution in [0.3, 0.4) is 0 Å². The van der Waals surface area contributed by atoms with Crippen molar-refractivity contribution in [2.75, 3.05) is 12.5 Å². The van der Waals surface area contributed by atoms with Gasteiger partial charge in [-0.25, -0.2) is 0 Å². The first kappa shape index (κ1) is 11.8. The molecule has 0 heterocycles. The van der Waals surface area contributed by atoms with Crippen molar-refractivity contribution in [3.63, 3.8) is 0 Å². The quantitative estimate of drug-likeness (QED) is 0.524. The molecule has 0 saturated heterocycles. The summed E-state index contributed by atoms with van der Waals surface area (Å²) in [6.07, 6.45) is 8.20. The molecule has 3 heteroatoms. The average Bonchev–Trinajstić information content (AvgIpc) is 2.25. The highest BCUT2D eigenvalue weighted by Crippen LogP contribution is 2.27. The molecule has 0 radical (unpaired) electrons. The second-order valence-electron chi connectivity index (χ2n) is 3.95. The molecule has 0 aromatic heterocycles. The zero-order valence-electron chi connectivity index (χ0n) is 8.64. The predicted molar refractivity (Wildman–Crippen MR) is 57.5 cm³/mol. The number of halogens is 1. The molecule has 82 valence electrons. The smallest absolute Gasteiger partial charge is 0.305 e. The molecule has 0 aromatic rings. The molecule has 1 rings (SSSR count). The van der Waals surface area contributed by atoms with E-state index in [-0.39, 0.29) is 5.97 Å². The van der Waals surface area contributed by atoms with Gasteiger partial charge >= 0.3 is 5.97 Å². The first-order valence-electron chi connectivity index (χ1n) is 5.54. The first-order chi connectivity index (χ1) is 6.83. The molecule has 1 fully saturated rings. The van der Waals surface area contributed by atoms with Crippen LogP contribution in [0.25, 0.3) is 0 Å². The fourth-order valence-electron chi connectivity index (χ4n) is 2.02. The summed E-state index contributed by atoms with van der Waals surface area (Å²) in [5.74, 6) is 1.07. The van der Waals surface area contributed by atoms with Gasteiger partial charge in [0.1, 0.15) is 6.61 Å². The maximum Gasteiger partial charge on any atom is 0.305 e. The van der Waals surface area contributed by atoms with Crippen molar-refractivity contribution in [2.45, 2.75) is 44.9 Å². The highest BCUT2D eigenvalue weighted by atomic mass is 35.5. The number of alkyl halides is 1. The molecule has 0 amide bonds. The topological polar surface area (TPSA) is 26.3 Å². The molecular formula is C11H19ClO2. The minimum Gasteiger partial charge on any atom is -0.464 e. The van der Waals surface area contributed by atoms with Crippen LogP contribution in [-0.4, -0.2) is 18.5 Å². The van der Waals surface area contributed by atoms with Crippen molar-refractivity contribution >= 4 is 17.6 Å². The molecule has 0 aromatic carbocycles. The van der Waals surface area contributed by atoms with Crippen molar-refractivity contribution in [1.82, 2.24) is 0 Å². The summed E-state index contributed by atoms with van der Waals surface area (Å²) in [5, 5.41) is 0. The summed E-state index contributed by atoms with van der Waals surface area (Å²) in [7, 11) is 0. The number of ether oxygens (including phenoxy) is 1. The Morgan fingerprint density at radius 3 is 2.64 bits per heavy atom. The lowest BCUT2D eigenvalue weighted by atomic mass is 9.86. The van der Waals surface area contributed by atoms with Gasteiger partial charge < -0.3 is 4.74 Å². The molecule has 0 unspecified atom stereocenters. The Morgan fingerprint density at radius 1 is 1.29 bits per heavy atom. The van der Waals surface area contributed by atoms with Gasteiger partial charge in [-0.2, -0.15) is 0 Å². The monoisotopic (exact) mass is 218 g/mol. The van der Waals surface area contributed by atoms with Crippen LogP contribution in [0.5, 0.6) is 0 Å². The summed E-state index contributed by atoms with van der Waals surface area (Å²) in [4.78, 5) is 11.2. The lowest BCUT2D eigenvalue weighted by Gasteiger charge is -2.20. The van der Waals surface area contributed by atoms with Gasteiger partial charge in [0, 0.05) is 6.42 Å². The van der Waals surface area contributed by atoms with Crippen LogP contribution in [-0.2, 0) is 9.53 Å². The zero-order chi connectivity index (χ0) is 10.2. The number of hydrogen-bond donors (Lipinski definition) is 0. The van der Waals surface area contributed by atoms with E-state index in [0.29, 0.717) is 18.9 Å². The van der Waals surface area contributed by atoms with Crippen molar-refractivity contribution in [3.8, 4) is 0 Å². The van der Waals surface area contributed by atoms with Crippen LogP contribution in [0, 0.1) is 5.92 Å². The fourth-order valence-corrected chi connectivity index (χ4v) is 2.10. The average molecular weight is 219 g/mol. The van der Waals surface area contributed by atoms with Gasteiger partial charge in [-0.15, -0.1) is 11.6 Å². The van der Waals surface area contributed by atoms with Crippen LogP contribution in [0.15, 0.2) is 0 Å². The van der Waals surface area contributed by atoms with Crippen molar-refractivity contribution in [3.05, 3.63) is 0 Å². The number of hydrogen-bond acceptors (Lipinski definition) is 2.